The summed E-state index contributed by atoms with van der Waals surface area (Å²) in [5.74, 6) is 0.0565. The van der Waals surface area contributed by atoms with Crippen LogP contribution in [0.4, 0.5) is 0 Å². The van der Waals surface area contributed by atoms with Crippen molar-refractivity contribution in [2.45, 2.75) is 45.2 Å². The van der Waals surface area contributed by atoms with Gasteiger partial charge in [-0.2, -0.15) is 15.6 Å². The SMILES string of the molecule is C[C@H](NC(c1cccc(-c2cc[nH]n2)c1)C(C)(C)C#N)[C@@H](Cc1ccc(Cl)cc1)c1cccc(C#N)c1. The molecule has 2 N–H and O–H groups in total. The van der Waals surface area contributed by atoms with Crippen molar-refractivity contribution >= 4 is 11.6 Å². The number of nitriles is 2. The lowest BCUT2D eigenvalue weighted by atomic mass is 9.79. The molecule has 37 heavy (non-hydrogen) atoms. The van der Waals surface area contributed by atoms with Crippen molar-refractivity contribution in [3.05, 3.63) is 112 Å². The van der Waals surface area contributed by atoms with Crippen molar-refractivity contribution in [3.63, 3.8) is 0 Å². The molecule has 3 atom stereocenters. The van der Waals surface area contributed by atoms with Crippen LogP contribution in [0.1, 0.15) is 55.0 Å². The standard InChI is InChI=1S/C31H30ClN5/c1-21(28(17-22-10-12-27(32)13-11-22)24-7-4-6-23(16-24)19-33)36-30(31(2,3)20-34)26-9-5-8-25(18-26)29-14-15-35-37-29/h4-16,18,21,28,30,36H,17H2,1-3H3,(H,35,37)/t21-,28+,30?/m0/s1. The summed E-state index contributed by atoms with van der Waals surface area (Å²) in [4.78, 5) is 0. The van der Waals surface area contributed by atoms with Crippen molar-refractivity contribution in [2.75, 3.05) is 0 Å². The molecule has 6 heteroatoms. The van der Waals surface area contributed by atoms with E-state index >= 15 is 0 Å². The zero-order valence-electron chi connectivity index (χ0n) is 21.2. The number of hydrogen-bond acceptors (Lipinski definition) is 4. The van der Waals surface area contributed by atoms with E-state index in [-0.39, 0.29) is 18.0 Å². The van der Waals surface area contributed by atoms with Gasteiger partial charge in [0, 0.05) is 28.7 Å². The van der Waals surface area contributed by atoms with E-state index in [9.17, 15) is 10.5 Å². The molecule has 1 aromatic heterocycles. The van der Waals surface area contributed by atoms with Gasteiger partial charge in [0.2, 0.25) is 0 Å². The van der Waals surface area contributed by atoms with E-state index in [0.717, 1.165) is 34.4 Å². The van der Waals surface area contributed by atoms with Crippen LogP contribution in [0, 0.1) is 28.1 Å². The summed E-state index contributed by atoms with van der Waals surface area (Å²) < 4.78 is 0. The van der Waals surface area contributed by atoms with Crippen molar-refractivity contribution in [1.82, 2.24) is 15.5 Å². The van der Waals surface area contributed by atoms with Crippen LogP contribution in [0.25, 0.3) is 11.3 Å². The van der Waals surface area contributed by atoms with Gasteiger partial charge in [-0.15, -0.1) is 0 Å². The van der Waals surface area contributed by atoms with Crippen LogP contribution in [-0.2, 0) is 6.42 Å². The quantitative estimate of drug-likeness (QED) is 0.251. The van der Waals surface area contributed by atoms with Gasteiger partial charge in [-0.1, -0.05) is 54.1 Å². The predicted molar refractivity (Wildman–Crippen MR) is 148 cm³/mol. The van der Waals surface area contributed by atoms with Gasteiger partial charge in [-0.25, -0.2) is 0 Å². The molecule has 0 bridgehead atoms. The number of benzene rings is 3. The Balaban J connectivity index is 1.71. The van der Waals surface area contributed by atoms with Gasteiger partial charge in [0.1, 0.15) is 0 Å². The Labute approximate surface area is 223 Å². The van der Waals surface area contributed by atoms with Crippen molar-refractivity contribution in [1.29, 1.82) is 10.5 Å². The van der Waals surface area contributed by atoms with E-state index in [4.69, 9.17) is 11.6 Å². The third kappa shape index (κ3) is 6.27. The highest BCUT2D eigenvalue weighted by Crippen LogP contribution is 2.37. The van der Waals surface area contributed by atoms with Gasteiger partial charge in [-0.05, 0) is 80.3 Å². The average Bonchev–Trinajstić information content (AvgIpc) is 3.46. The number of H-pyrrole nitrogens is 1. The molecule has 186 valence electrons. The number of nitrogens with one attached hydrogen (secondary N) is 2. The summed E-state index contributed by atoms with van der Waals surface area (Å²) in [6.45, 7) is 6.07. The molecule has 0 saturated carbocycles. The minimum Gasteiger partial charge on any atom is -0.305 e. The molecule has 0 aliphatic carbocycles. The van der Waals surface area contributed by atoms with Crippen LogP contribution < -0.4 is 5.32 Å². The average molecular weight is 508 g/mol. The second-order valence-corrected chi connectivity index (χ2v) is 10.4. The fourth-order valence-electron chi connectivity index (χ4n) is 4.76. The van der Waals surface area contributed by atoms with Crippen LogP contribution >= 0.6 is 11.6 Å². The second kappa shape index (κ2) is 11.4. The van der Waals surface area contributed by atoms with E-state index in [1.165, 1.54) is 0 Å². The molecule has 0 aliphatic heterocycles. The summed E-state index contributed by atoms with van der Waals surface area (Å²) in [5.41, 5.74) is 5.05. The fourth-order valence-corrected chi connectivity index (χ4v) is 4.89. The number of nitrogens with zero attached hydrogens (tertiary/aromatic N) is 3. The molecular formula is C31H30ClN5. The number of aromatic nitrogens is 2. The zero-order chi connectivity index (χ0) is 26.4. The number of halogens is 1. The summed E-state index contributed by atoms with van der Waals surface area (Å²) in [7, 11) is 0. The Morgan fingerprint density at radius 2 is 1.70 bits per heavy atom. The van der Waals surface area contributed by atoms with Gasteiger partial charge < -0.3 is 5.32 Å². The summed E-state index contributed by atoms with van der Waals surface area (Å²) >= 11 is 6.13. The van der Waals surface area contributed by atoms with Gasteiger partial charge in [0.25, 0.3) is 0 Å². The van der Waals surface area contributed by atoms with Crippen molar-refractivity contribution < 1.29 is 0 Å². The van der Waals surface area contributed by atoms with E-state index in [1.54, 1.807) is 6.20 Å². The molecule has 0 aliphatic rings. The topological polar surface area (TPSA) is 88.3 Å². The first-order chi connectivity index (χ1) is 17.8. The third-order valence-electron chi connectivity index (χ3n) is 6.87. The van der Waals surface area contributed by atoms with Crippen molar-refractivity contribution in [2.24, 2.45) is 5.41 Å². The molecule has 4 rings (SSSR count). The van der Waals surface area contributed by atoms with Gasteiger partial charge in [-0.3, -0.25) is 5.10 Å². The Morgan fingerprint density at radius 3 is 2.38 bits per heavy atom. The Hall–Kier alpha value is -3.90. The van der Waals surface area contributed by atoms with Crippen LogP contribution in [-0.4, -0.2) is 16.2 Å². The molecule has 0 spiro atoms. The van der Waals surface area contributed by atoms with Crippen LogP contribution in [0.2, 0.25) is 5.02 Å². The maximum atomic E-state index is 10.1. The van der Waals surface area contributed by atoms with Gasteiger partial charge in [0.05, 0.1) is 34.9 Å². The Bertz CT molecular complexity index is 1410. The first-order valence-electron chi connectivity index (χ1n) is 12.3. The molecular weight excluding hydrogens is 478 g/mol. The summed E-state index contributed by atoms with van der Waals surface area (Å²) in [6.07, 6.45) is 2.56. The lowest BCUT2D eigenvalue weighted by molar-refractivity contribution is 0.281. The first kappa shape index (κ1) is 26.2. The maximum absolute atomic E-state index is 10.1. The van der Waals surface area contributed by atoms with E-state index in [2.05, 4.69) is 52.8 Å². The number of aromatic amines is 1. The Kier molecular flexibility index (Phi) is 8.09. The Morgan fingerprint density at radius 1 is 0.973 bits per heavy atom. The molecule has 0 radical (unpaired) electrons. The van der Waals surface area contributed by atoms with E-state index < -0.39 is 5.41 Å². The fraction of sp³-hybridized carbons (Fsp3) is 0.258. The van der Waals surface area contributed by atoms with Crippen LogP contribution in [0.3, 0.4) is 0 Å². The molecule has 3 aromatic carbocycles. The van der Waals surface area contributed by atoms with Crippen molar-refractivity contribution in [3.8, 4) is 23.4 Å². The molecule has 0 fully saturated rings. The lowest BCUT2D eigenvalue weighted by Gasteiger charge is -2.36. The molecule has 1 heterocycles. The zero-order valence-corrected chi connectivity index (χ0v) is 22.0. The summed E-state index contributed by atoms with van der Waals surface area (Å²) in [6, 6.07) is 30.3. The molecule has 0 amide bonds. The minimum atomic E-state index is -0.683. The highest BCUT2D eigenvalue weighted by molar-refractivity contribution is 6.30. The highest BCUT2D eigenvalue weighted by atomic mass is 35.5. The minimum absolute atomic E-state index is 0.0173. The van der Waals surface area contributed by atoms with E-state index in [1.807, 2.05) is 74.5 Å². The number of rotatable bonds is 9. The summed E-state index contributed by atoms with van der Waals surface area (Å²) in [5, 5.41) is 31.3. The molecule has 4 aromatic rings. The first-order valence-corrected chi connectivity index (χ1v) is 12.7. The number of hydrogen-bond donors (Lipinski definition) is 2. The smallest absolute Gasteiger partial charge is 0.0991 e. The third-order valence-corrected chi connectivity index (χ3v) is 7.12. The normalized spacial score (nSPS) is 13.8. The van der Waals surface area contributed by atoms with Crippen LogP contribution in [0.5, 0.6) is 0 Å². The molecule has 1 unspecified atom stereocenters. The second-order valence-electron chi connectivity index (χ2n) is 9.98. The lowest BCUT2D eigenvalue weighted by Crippen LogP contribution is -2.42. The molecule has 5 nitrogen and oxygen atoms in total. The molecule has 0 saturated heterocycles. The predicted octanol–water partition coefficient (Wildman–Crippen LogP) is 7.20. The largest absolute Gasteiger partial charge is 0.305 e. The highest BCUT2D eigenvalue weighted by Gasteiger charge is 2.34. The maximum Gasteiger partial charge on any atom is 0.0991 e. The van der Waals surface area contributed by atoms with Crippen LogP contribution in [0.15, 0.2) is 85.1 Å². The van der Waals surface area contributed by atoms with Gasteiger partial charge >= 0.3 is 0 Å². The van der Waals surface area contributed by atoms with E-state index in [0.29, 0.717) is 10.6 Å². The van der Waals surface area contributed by atoms with Gasteiger partial charge in [0.15, 0.2) is 0 Å². The monoisotopic (exact) mass is 507 g/mol.